The summed E-state index contributed by atoms with van der Waals surface area (Å²) in [6.07, 6.45) is -4.59. The summed E-state index contributed by atoms with van der Waals surface area (Å²) >= 11 is 6.63. The zero-order chi connectivity index (χ0) is 16.5. The van der Waals surface area contributed by atoms with Crippen LogP contribution >= 0.6 is 22.9 Å². The molecule has 0 fully saturated rings. The highest BCUT2D eigenvalue weighted by Gasteiger charge is 2.34. The number of carbonyl (C=O) groups is 1. The number of thiazole rings is 1. The first kappa shape index (κ1) is 16.6. The van der Waals surface area contributed by atoms with Crippen molar-refractivity contribution in [1.82, 2.24) is 4.98 Å². The largest absolute Gasteiger partial charge is 0.418 e. The first-order valence-corrected chi connectivity index (χ1v) is 7.25. The van der Waals surface area contributed by atoms with Gasteiger partial charge >= 0.3 is 6.18 Å². The lowest BCUT2D eigenvalue weighted by Gasteiger charge is -2.18. The number of aromatic nitrogens is 1. The molecule has 4 nitrogen and oxygen atoms in total. The maximum atomic E-state index is 13.1. The molecule has 9 heteroatoms. The van der Waals surface area contributed by atoms with Gasteiger partial charge in [0.25, 0.3) is 5.91 Å². The molecule has 0 atom stereocenters. The van der Waals surface area contributed by atoms with Crippen LogP contribution in [0.3, 0.4) is 0 Å². The number of alkyl halides is 3. The van der Waals surface area contributed by atoms with E-state index in [1.807, 2.05) is 0 Å². The van der Waals surface area contributed by atoms with E-state index in [-0.39, 0.29) is 15.8 Å². The molecule has 0 aliphatic heterocycles. The Bertz CT molecular complexity index is 700. The maximum absolute atomic E-state index is 13.1. The van der Waals surface area contributed by atoms with Crippen LogP contribution in [0, 0.1) is 0 Å². The van der Waals surface area contributed by atoms with Gasteiger partial charge in [-0.05, 0) is 18.2 Å². The SMILES string of the molecule is CN(C)c1ccc(NC(=O)c2csc(Cl)n2)c(C(F)(F)F)c1. The summed E-state index contributed by atoms with van der Waals surface area (Å²) in [5.41, 5.74) is -0.901. The maximum Gasteiger partial charge on any atom is 0.418 e. The van der Waals surface area contributed by atoms with Crippen molar-refractivity contribution in [2.45, 2.75) is 6.18 Å². The lowest BCUT2D eigenvalue weighted by Crippen LogP contribution is -2.18. The van der Waals surface area contributed by atoms with Crippen LogP contribution in [0.2, 0.25) is 4.47 Å². The molecule has 1 aromatic carbocycles. The van der Waals surface area contributed by atoms with Crippen molar-refractivity contribution < 1.29 is 18.0 Å². The Hall–Kier alpha value is -1.80. The molecule has 2 aromatic rings. The number of nitrogens with zero attached hydrogens (tertiary/aromatic N) is 2. The first-order valence-electron chi connectivity index (χ1n) is 5.99. The topological polar surface area (TPSA) is 45.2 Å². The van der Waals surface area contributed by atoms with Gasteiger partial charge in [-0.3, -0.25) is 4.79 Å². The average Bonchev–Trinajstić information content (AvgIpc) is 2.84. The van der Waals surface area contributed by atoms with Crippen LogP contribution in [-0.2, 0) is 6.18 Å². The number of nitrogens with one attached hydrogen (secondary N) is 1. The highest BCUT2D eigenvalue weighted by Crippen LogP contribution is 2.37. The molecule has 2 rings (SSSR count). The Morgan fingerprint density at radius 2 is 2.05 bits per heavy atom. The average molecular weight is 350 g/mol. The van der Waals surface area contributed by atoms with Crippen molar-refractivity contribution >= 4 is 40.2 Å². The van der Waals surface area contributed by atoms with Gasteiger partial charge in [0.2, 0.25) is 0 Å². The van der Waals surface area contributed by atoms with Gasteiger partial charge in [0.15, 0.2) is 4.47 Å². The fourth-order valence-electron chi connectivity index (χ4n) is 1.70. The molecule has 0 radical (unpaired) electrons. The van der Waals surface area contributed by atoms with Gasteiger partial charge in [0.05, 0.1) is 11.3 Å². The van der Waals surface area contributed by atoms with Crippen LogP contribution in [0.4, 0.5) is 24.5 Å². The van der Waals surface area contributed by atoms with Crippen LogP contribution < -0.4 is 10.2 Å². The first-order chi connectivity index (χ1) is 10.2. The van der Waals surface area contributed by atoms with Crippen LogP contribution in [0.1, 0.15) is 16.1 Å². The minimum atomic E-state index is -4.59. The molecule has 1 aromatic heterocycles. The van der Waals surface area contributed by atoms with Gasteiger partial charge in [0.1, 0.15) is 5.69 Å². The molecular weight excluding hydrogens is 339 g/mol. The summed E-state index contributed by atoms with van der Waals surface area (Å²) < 4.78 is 39.6. The number of carbonyl (C=O) groups excluding carboxylic acids is 1. The van der Waals surface area contributed by atoms with Crippen molar-refractivity contribution in [3.8, 4) is 0 Å². The number of hydrogen-bond acceptors (Lipinski definition) is 4. The summed E-state index contributed by atoms with van der Waals surface area (Å²) in [5.74, 6) is -0.744. The molecule has 1 amide bonds. The van der Waals surface area contributed by atoms with E-state index >= 15 is 0 Å². The lowest BCUT2D eigenvalue weighted by molar-refractivity contribution is -0.136. The molecule has 0 aliphatic carbocycles. The van der Waals surface area contributed by atoms with Crippen molar-refractivity contribution in [3.05, 3.63) is 39.3 Å². The summed E-state index contributed by atoms with van der Waals surface area (Å²) in [6.45, 7) is 0. The Labute approximate surface area is 133 Å². The number of benzene rings is 1. The molecule has 0 bridgehead atoms. The molecule has 0 spiro atoms. The monoisotopic (exact) mass is 349 g/mol. The molecule has 0 aliphatic rings. The Morgan fingerprint density at radius 1 is 1.36 bits per heavy atom. The normalized spacial score (nSPS) is 11.4. The second-order valence-electron chi connectivity index (χ2n) is 4.56. The summed E-state index contributed by atoms with van der Waals surface area (Å²) in [5, 5.41) is 3.60. The number of rotatable bonds is 3. The van der Waals surface area contributed by atoms with Crippen LogP contribution in [0.15, 0.2) is 23.6 Å². The molecule has 118 valence electrons. The van der Waals surface area contributed by atoms with Crippen molar-refractivity contribution in [3.63, 3.8) is 0 Å². The highest BCUT2D eigenvalue weighted by atomic mass is 35.5. The third-order valence-electron chi connectivity index (χ3n) is 2.78. The van der Waals surface area contributed by atoms with E-state index in [2.05, 4.69) is 10.3 Å². The molecule has 1 N–H and O–H groups in total. The van der Waals surface area contributed by atoms with Gasteiger partial charge in [-0.25, -0.2) is 4.98 Å². The second kappa shape index (κ2) is 6.13. The number of hydrogen-bond donors (Lipinski definition) is 1. The van der Waals surface area contributed by atoms with Gasteiger partial charge in [-0.2, -0.15) is 13.2 Å². The van der Waals surface area contributed by atoms with E-state index in [1.165, 1.54) is 17.5 Å². The molecule has 0 saturated carbocycles. The number of anilines is 2. The number of amides is 1. The second-order valence-corrected chi connectivity index (χ2v) is 6.00. The number of halogens is 4. The molecule has 0 unspecified atom stereocenters. The molecule has 0 saturated heterocycles. The standard InChI is InChI=1S/C13H11ClF3N3OS/c1-20(2)7-3-4-9(8(5-7)13(15,16)17)18-11(21)10-6-22-12(14)19-10/h3-6H,1-2H3,(H,18,21). The van der Waals surface area contributed by atoms with E-state index in [4.69, 9.17) is 11.6 Å². The van der Waals surface area contributed by atoms with Crippen molar-refractivity contribution in [2.24, 2.45) is 0 Å². The summed E-state index contributed by atoms with van der Waals surface area (Å²) in [7, 11) is 3.26. The van der Waals surface area contributed by atoms with Crippen molar-refractivity contribution in [1.29, 1.82) is 0 Å². The van der Waals surface area contributed by atoms with E-state index in [1.54, 1.807) is 19.0 Å². The third-order valence-corrected chi connectivity index (χ3v) is 3.76. The predicted octanol–water partition coefficient (Wildman–Crippen LogP) is 4.13. The van der Waals surface area contributed by atoms with Crippen LogP contribution in [0.5, 0.6) is 0 Å². The zero-order valence-electron chi connectivity index (χ0n) is 11.5. The van der Waals surface area contributed by atoms with E-state index in [9.17, 15) is 18.0 Å². The zero-order valence-corrected chi connectivity index (χ0v) is 13.1. The lowest BCUT2D eigenvalue weighted by atomic mass is 10.1. The fraction of sp³-hybridized carbons (Fsp3) is 0.231. The molecule has 1 heterocycles. The van der Waals surface area contributed by atoms with Gasteiger partial charge < -0.3 is 10.2 Å². The quantitative estimate of drug-likeness (QED) is 0.906. The predicted molar refractivity (Wildman–Crippen MR) is 80.8 cm³/mol. The minimum absolute atomic E-state index is 0.0280. The Kier molecular flexibility index (Phi) is 4.62. The molecular formula is C13H11ClF3N3OS. The summed E-state index contributed by atoms with van der Waals surface area (Å²) in [4.78, 5) is 17.2. The Morgan fingerprint density at radius 3 is 2.55 bits per heavy atom. The van der Waals surface area contributed by atoms with Gasteiger partial charge in [0, 0.05) is 25.2 Å². The fourth-order valence-corrected chi connectivity index (χ4v) is 2.44. The highest BCUT2D eigenvalue weighted by molar-refractivity contribution is 7.14. The summed E-state index contributed by atoms with van der Waals surface area (Å²) in [6, 6.07) is 3.67. The van der Waals surface area contributed by atoms with E-state index in [0.29, 0.717) is 5.69 Å². The molecule has 22 heavy (non-hydrogen) atoms. The van der Waals surface area contributed by atoms with Crippen molar-refractivity contribution in [2.75, 3.05) is 24.3 Å². The smallest absolute Gasteiger partial charge is 0.378 e. The Balaban J connectivity index is 2.36. The third kappa shape index (κ3) is 3.69. The van der Waals surface area contributed by atoms with Gasteiger partial charge in [-0.1, -0.05) is 11.6 Å². The van der Waals surface area contributed by atoms with E-state index < -0.39 is 17.6 Å². The van der Waals surface area contributed by atoms with E-state index in [0.717, 1.165) is 17.4 Å². The van der Waals surface area contributed by atoms with Crippen LogP contribution in [0.25, 0.3) is 0 Å². The van der Waals surface area contributed by atoms with Crippen LogP contribution in [-0.4, -0.2) is 25.0 Å². The minimum Gasteiger partial charge on any atom is -0.378 e. The van der Waals surface area contributed by atoms with Gasteiger partial charge in [-0.15, -0.1) is 11.3 Å².